The van der Waals surface area contributed by atoms with Gasteiger partial charge in [-0.15, -0.1) is 0 Å². The minimum atomic E-state index is -4.03. The van der Waals surface area contributed by atoms with Crippen molar-refractivity contribution in [3.63, 3.8) is 0 Å². The van der Waals surface area contributed by atoms with Crippen molar-refractivity contribution < 1.29 is 32.2 Å². The summed E-state index contributed by atoms with van der Waals surface area (Å²) in [5.41, 5.74) is -0.103. The Bertz CT molecular complexity index is 882. The molecule has 1 aromatic carbocycles. The van der Waals surface area contributed by atoms with Crippen LogP contribution in [0.15, 0.2) is 47.5 Å². The predicted octanol–water partition coefficient (Wildman–Crippen LogP) is 1.35. The number of sulfonamides is 1. The maximum absolute atomic E-state index is 12.2. The van der Waals surface area contributed by atoms with E-state index in [-0.39, 0.29) is 22.1 Å². The molecule has 1 amide bonds. The zero-order valence-corrected chi connectivity index (χ0v) is 14.1. The lowest BCUT2D eigenvalue weighted by Crippen LogP contribution is -2.30. The zero-order valence-electron chi connectivity index (χ0n) is 13.3. The van der Waals surface area contributed by atoms with Gasteiger partial charge >= 0.3 is 6.16 Å². The van der Waals surface area contributed by atoms with Crippen LogP contribution < -0.4 is 14.2 Å². The highest BCUT2D eigenvalue weighted by Gasteiger charge is 2.21. The molecule has 0 aliphatic rings. The van der Waals surface area contributed by atoms with E-state index >= 15 is 0 Å². The lowest BCUT2D eigenvalue weighted by atomic mass is 10.2. The fraction of sp³-hybridized carbons (Fsp3) is 0.133. The number of nitrogens with zero attached hydrogens (tertiary/aromatic N) is 1. The number of hydrogen-bond donors (Lipinski definition) is 1. The molecule has 132 valence electrons. The minimum Gasteiger partial charge on any atom is -0.491 e. The molecular formula is C15H14N2O7S. The SMILES string of the molecule is COC(=O)Oc1ncc(C(=O)NS(=O)(=O)c2ccccc2)cc1OC. The van der Waals surface area contributed by atoms with Gasteiger partial charge in [0.15, 0.2) is 5.75 Å². The quantitative estimate of drug-likeness (QED) is 0.787. The van der Waals surface area contributed by atoms with Crippen molar-refractivity contribution in [2.45, 2.75) is 4.90 Å². The molecule has 1 N–H and O–H groups in total. The van der Waals surface area contributed by atoms with Crippen LogP contribution in [0.25, 0.3) is 0 Å². The minimum absolute atomic E-state index is 0.0461. The second-order valence-electron chi connectivity index (χ2n) is 4.54. The molecule has 0 aliphatic carbocycles. The van der Waals surface area contributed by atoms with Gasteiger partial charge in [-0.25, -0.2) is 22.9 Å². The van der Waals surface area contributed by atoms with E-state index in [0.717, 1.165) is 13.3 Å². The van der Waals surface area contributed by atoms with E-state index in [1.807, 2.05) is 4.72 Å². The van der Waals surface area contributed by atoms with Crippen LogP contribution in [-0.4, -0.2) is 39.7 Å². The highest BCUT2D eigenvalue weighted by molar-refractivity contribution is 7.90. The maximum Gasteiger partial charge on any atom is 0.515 e. The number of nitrogens with one attached hydrogen (secondary N) is 1. The van der Waals surface area contributed by atoms with Gasteiger partial charge in [0.05, 0.1) is 24.7 Å². The van der Waals surface area contributed by atoms with Crippen molar-refractivity contribution in [2.75, 3.05) is 14.2 Å². The molecule has 10 heteroatoms. The number of benzene rings is 1. The van der Waals surface area contributed by atoms with E-state index in [9.17, 15) is 18.0 Å². The lowest BCUT2D eigenvalue weighted by Gasteiger charge is -2.10. The van der Waals surface area contributed by atoms with E-state index < -0.39 is 22.1 Å². The van der Waals surface area contributed by atoms with Crippen molar-refractivity contribution in [3.8, 4) is 11.6 Å². The average Bonchev–Trinajstić information content (AvgIpc) is 2.62. The van der Waals surface area contributed by atoms with Crippen molar-refractivity contribution in [3.05, 3.63) is 48.2 Å². The molecule has 0 atom stereocenters. The Balaban J connectivity index is 2.24. The average molecular weight is 366 g/mol. The van der Waals surface area contributed by atoms with Crippen LogP contribution in [0.4, 0.5) is 4.79 Å². The van der Waals surface area contributed by atoms with E-state index in [2.05, 4.69) is 9.72 Å². The van der Waals surface area contributed by atoms with E-state index in [0.29, 0.717) is 0 Å². The Morgan fingerprint density at radius 3 is 2.40 bits per heavy atom. The van der Waals surface area contributed by atoms with Crippen LogP contribution in [-0.2, 0) is 14.8 Å². The third-order valence-electron chi connectivity index (χ3n) is 2.93. The molecule has 0 unspecified atom stereocenters. The number of methoxy groups -OCH3 is 2. The summed E-state index contributed by atoms with van der Waals surface area (Å²) in [6.45, 7) is 0. The van der Waals surface area contributed by atoms with Crippen molar-refractivity contribution in [2.24, 2.45) is 0 Å². The summed E-state index contributed by atoms with van der Waals surface area (Å²) in [7, 11) is -1.65. The van der Waals surface area contributed by atoms with Gasteiger partial charge < -0.3 is 14.2 Å². The predicted molar refractivity (Wildman–Crippen MR) is 84.9 cm³/mol. The molecule has 0 saturated carbocycles. The molecule has 25 heavy (non-hydrogen) atoms. The van der Waals surface area contributed by atoms with E-state index in [1.165, 1.54) is 37.4 Å². The number of ether oxygens (including phenoxy) is 3. The third-order valence-corrected chi connectivity index (χ3v) is 4.27. The summed E-state index contributed by atoms with van der Waals surface area (Å²) in [6.07, 6.45) is 0.0195. The molecule has 0 bridgehead atoms. The Morgan fingerprint density at radius 1 is 1.12 bits per heavy atom. The van der Waals surface area contributed by atoms with Crippen LogP contribution in [0.5, 0.6) is 11.6 Å². The van der Waals surface area contributed by atoms with Gasteiger partial charge in [-0.05, 0) is 12.1 Å². The van der Waals surface area contributed by atoms with Crippen molar-refractivity contribution in [1.29, 1.82) is 0 Å². The smallest absolute Gasteiger partial charge is 0.491 e. The summed E-state index contributed by atoms with van der Waals surface area (Å²) in [5, 5.41) is 0. The summed E-state index contributed by atoms with van der Waals surface area (Å²) in [5.74, 6) is -1.19. The first-order chi connectivity index (χ1) is 11.9. The number of rotatable bonds is 5. The molecule has 1 heterocycles. The Morgan fingerprint density at radius 2 is 1.80 bits per heavy atom. The van der Waals surface area contributed by atoms with Gasteiger partial charge in [-0.3, -0.25) is 4.79 Å². The first-order valence-corrected chi connectivity index (χ1v) is 8.27. The third kappa shape index (κ3) is 4.44. The highest BCUT2D eigenvalue weighted by Crippen LogP contribution is 2.25. The number of aromatic nitrogens is 1. The Kier molecular flexibility index (Phi) is 5.55. The first-order valence-electron chi connectivity index (χ1n) is 6.79. The second-order valence-corrected chi connectivity index (χ2v) is 6.22. The molecule has 0 aliphatic heterocycles. The number of pyridine rings is 1. The van der Waals surface area contributed by atoms with Crippen molar-refractivity contribution >= 4 is 22.1 Å². The number of carbonyl (C=O) groups is 2. The van der Waals surface area contributed by atoms with Gasteiger partial charge in [0.1, 0.15) is 0 Å². The molecule has 0 spiro atoms. The lowest BCUT2D eigenvalue weighted by molar-refractivity contribution is 0.0980. The normalized spacial score (nSPS) is 10.6. The summed E-state index contributed by atoms with van der Waals surface area (Å²) in [6, 6.07) is 8.59. The number of amides is 1. The topological polar surface area (TPSA) is 121 Å². The Labute approximate surface area is 143 Å². The van der Waals surface area contributed by atoms with Crippen molar-refractivity contribution in [1.82, 2.24) is 9.71 Å². The summed E-state index contributed by atoms with van der Waals surface area (Å²) >= 11 is 0. The second kappa shape index (κ2) is 7.62. The zero-order chi connectivity index (χ0) is 18.4. The van der Waals surface area contributed by atoms with E-state index in [1.54, 1.807) is 6.07 Å². The monoisotopic (exact) mass is 366 g/mol. The molecule has 0 saturated heterocycles. The van der Waals surface area contributed by atoms with Gasteiger partial charge in [0.25, 0.3) is 21.8 Å². The van der Waals surface area contributed by atoms with E-state index in [4.69, 9.17) is 9.47 Å². The van der Waals surface area contributed by atoms with Crippen LogP contribution in [0, 0.1) is 0 Å². The maximum atomic E-state index is 12.2. The van der Waals surface area contributed by atoms with Crippen LogP contribution in [0.1, 0.15) is 10.4 Å². The van der Waals surface area contributed by atoms with Gasteiger partial charge in [0.2, 0.25) is 0 Å². The summed E-state index contributed by atoms with van der Waals surface area (Å²) in [4.78, 5) is 27.0. The van der Waals surface area contributed by atoms with Gasteiger partial charge in [-0.2, -0.15) is 0 Å². The number of carbonyl (C=O) groups excluding carboxylic acids is 2. The Hall–Kier alpha value is -3.14. The largest absolute Gasteiger partial charge is 0.515 e. The molecule has 9 nitrogen and oxygen atoms in total. The molecule has 2 rings (SSSR count). The molecule has 0 fully saturated rings. The molecule has 1 aromatic heterocycles. The standard InChI is InChI=1S/C15H14N2O7S/c1-22-12-8-10(9-16-14(12)24-15(19)23-2)13(18)17-25(20,21)11-6-4-3-5-7-11/h3-9H,1-2H3,(H,17,18). The van der Waals surface area contributed by atoms with Crippen LogP contribution >= 0.6 is 0 Å². The fourth-order valence-electron chi connectivity index (χ4n) is 1.74. The first kappa shape index (κ1) is 18.2. The molecular weight excluding hydrogens is 352 g/mol. The summed E-state index contributed by atoms with van der Waals surface area (Å²) < 4.78 is 40.3. The van der Waals surface area contributed by atoms with Crippen LogP contribution in [0.3, 0.4) is 0 Å². The van der Waals surface area contributed by atoms with Gasteiger partial charge in [-0.1, -0.05) is 18.2 Å². The highest BCUT2D eigenvalue weighted by atomic mass is 32.2. The van der Waals surface area contributed by atoms with Crippen LogP contribution in [0.2, 0.25) is 0 Å². The number of hydrogen-bond acceptors (Lipinski definition) is 8. The van der Waals surface area contributed by atoms with Gasteiger partial charge in [0, 0.05) is 12.3 Å². The molecule has 0 radical (unpaired) electrons. The fourth-order valence-corrected chi connectivity index (χ4v) is 2.73. The molecule has 2 aromatic rings.